The first-order valence-electron chi connectivity index (χ1n) is 9.21. The second-order valence-corrected chi connectivity index (χ2v) is 8.31. The molecule has 0 atom stereocenters. The van der Waals surface area contributed by atoms with Crippen molar-refractivity contribution in [1.29, 1.82) is 0 Å². The van der Waals surface area contributed by atoms with Gasteiger partial charge in [-0.15, -0.1) is 0 Å². The Morgan fingerprint density at radius 3 is 2.43 bits per heavy atom. The van der Waals surface area contributed by atoms with Crippen molar-refractivity contribution in [2.24, 2.45) is 5.10 Å². The van der Waals surface area contributed by atoms with Crippen LogP contribution in [0.25, 0.3) is 0 Å². The minimum Gasteiger partial charge on any atom is -0.486 e. The SMILES string of the molecule is O=C(C[NH+]1CCOCC1)N/N=C\c1cc(Cl)c(OCc2ccc(Cl)c(Cl)c2)c(Cl)c1. The van der Waals surface area contributed by atoms with Gasteiger partial charge in [-0.05, 0) is 35.4 Å². The summed E-state index contributed by atoms with van der Waals surface area (Å²) in [5, 5.41) is 5.54. The van der Waals surface area contributed by atoms with E-state index < -0.39 is 0 Å². The molecule has 2 N–H and O–H groups in total. The normalized spacial score (nSPS) is 14.8. The zero-order valence-corrected chi connectivity index (χ0v) is 18.9. The molecule has 10 heteroatoms. The van der Waals surface area contributed by atoms with Crippen molar-refractivity contribution in [1.82, 2.24) is 5.43 Å². The van der Waals surface area contributed by atoms with E-state index in [0.717, 1.165) is 18.7 Å². The third kappa shape index (κ3) is 6.74. The minimum atomic E-state index is -0.165. The van der Waals surface area contributed by atoms with Crippen LogP contribution in [0, 0.1) is 0 Å². The van der Waals surface area contributed by atoms with E-state index in [-0.39, 0.29) is 12.5 Å². The topological polar surface area (TPSA) is 64.4 Å². The van der Waals surface area contributed by atoms with Gasteiger partial charge in [0.2, 0.25) is 0 Å². The first kappa shape index (κ1) is 23.1. The number of halogens is 4. The first-order chi connectivity index (χ1) is 14.4. The van der Waals surface area contributed by atoms with E-state index in [2.05, 4.69) is 10.5 Å². The van der Waals surface area contributed by atoms with Crippen LogP contribution >= 0.6 is 46.4 Å². The molecule has 1 heterocycles. The summed E-state index contributed by atoms with van der Waals surface area (Å²) in [7, 11) is 0. The summed E-state index contributed by atoms with van der Waals surface area (Å²) >= 11 is 24.5. The van der Waals surface area contributed by atoms with Gasteiger partial charge in [-0.25, -0.2) is 5.43 Å². The Labute approximate surface area is 194 Å². The number of morpholine rings is 1. The predicted molar refractivity (Wildman–Crippen MR) is 119 cm³/mol. The van der Waals surface area contributed by atoms with Gasteiger partial charge in [0.15, 0.2) is 12.3 Å². The zero-order chi connectivity index (χ0) is 21.5. The maximum absolute atomic E-state index is 12.0. The number of ether oxygens (including phenoxy) is 2. The lowest BCUT2D eigenvalue weighted by atomic mass is 10.2. The molecule has 1 aliphatic heterocycles. The number of hydrogen-bond donors (Lipinski definition) is 2. The standard InChI is InChI=1S/C20H19Cl4N3O3/c21-15-2-1-13(7-16(15)22)12-30-20-17(23)8-14(9-18(20)24)10-25-26-19(28)11-27-3-5-29-6-4-27/h1-2,7-10H,3-6,11-12H2,(H,26,28)/p+1/b25-10-. The number of hydrazone groups is 1. The van der Waals surface area contributed by atoms with E-state index >= 15 is 0 Å². The number of nitrogens with zero attached hydrogens (tertiary/aromatic N) is 1. The maximum Gasteiger partial charge on any atom is 0.295 e. The molecule has 0 unspecified atom stereocenters. The van der Waals surface area contributed by atoms with Crippen molar-refractivity contribution in [3.8, 4) is 5.75 Å². The summed E-state index contributed by atoms with van der Waals surface area (Å²) in [5.74, 6) is 0.184. The Hall–Kier alpha value is -1.54. The lowest BCUT2D eigenvalue weighted by Gasteiger charge is -2.22. The summed E-state index contributed by atoms with van der Waals surface area (Å²) < 4.78 is 11.0. The van der Waals surface area contributed by atoms with Crippen molar-refractivity contribution < 1.29 is 19.2 Å². The molecule has 1 saturated heterocycles. The molecule has 6 nitrogen and oxygen atoms in total. The molecule has 0 aliphatic carbocycles. The molecule has 0 aromatic heterocycles. The predicted octanol–water partition coefficient (Wildman–Crippen LogP) is 3.24. The van der Waals surface area contributed by atoms with Crippen LogP contribution in [0.1, 0.15) is 11.1 Å². The molecule has 0 saturated carbocycles. The Balaban J connectivity index is 1.56. The smallest absolute Gasteiger partial charge is 0.295 e. The number of hydrogen-bond acceptors (Lipinski definition) is 4. The van der Waals surface area contributed by atoms with Crippen LogP contribution in [0.4, 0.5) is 0 Å². The Bertz CT molecular complexity index is 911. The summed E-state index contributed by atoms with van der Waals surface area (Å²) in [6.07, 6.45) is 1.48. The van der Waals surface area contributed by atoms with Gasteiger partial charge in [0, 0.05) is 0 Å². The number of nitrogens with one attached hydrogen (secondary N) is 2. The largest absolute Gasteiger partial charge is 0.486 e. The molecular weight excluding hydrogens is 472 g/mol. The zero-order valence-electron chi connectivity index (χ0n) is 15.9. The maximum atomic E-state index is 12.0. The average molecular weight is 492 g/mol. The van der Waals surface area contributed by atoms with Gasteiger partial charge in [0.05, 0.1) is 39.5 Å². The molecular formula is C20H20Cl4N3O3+. The number of rotatable bonds is 7. The number of quaternary nitrogens is 1. The number of amides is 1. The third-order valence-corrected chi connectivity index (χ3v) is 5.70. The highest BCUT2D eigenvalue weighted by Gasteiger charge is 2.17. The highest BCUT2D eigenvalue weighted by atomic mass is 35.5. The van der Waals surface area contributed by atoms with E-state index in [4.69, 9.17) is 55.9 Å². The fraction of sp³-hybridized carbons (Fsp3) is 0.300. The van der Waals surface area contributed by atoms with Crippen LogP contribution in [-0.2, 0) is 16.1 Å². The van der Waals surface area contributed by atoms with E-state index in [0.29, 0.717) is 51.2 Å². The lowest BCUT2D eigenvalue weighted by Crippen LogP contribution is -3.15. The molecule has 2 aromatic rings. The number of carbonyl (C=O) groups excluding carboxylic acids is 1. The number of carbonyl (C=O) groups is 1. The molecule has 30 heavy (non-hydrogen) atoms. The van der Waals surface area contributed by atoms with E-state index in [9.17, 15) is 4.79 Å². The Morgan fingerprint density at radius 1 is 1.07 bits per heavy atom. The second-order valence-electron chi connectivity index (χ2n) is 6.68. The highest BCUT2D eigenvalue weighted by Crippen LogP contribution is 2.34. The molecule has 0 bridgehead atoms. The van der Waals surface area contributed by atoms with Gasteiger partial charge in [0.25, 0.3) is 5.91 Å². The van der Waals surface area contributed by atoms with Gasteiger partial charge in [-0.1, -0.05) is 52.5 Å². The third-order valence-electron chi connectivity index (χ3n) is 4.40. The molecule has 1 amide bonds. The van der Waals surface area contributed by atoms with Crippen LogP contribution in [-0.4, -0.2) is 45.0 Å². The van der Waals surface area contributed by atoms with Crippen LogP contribution in [0.5, 0.6) is 5.75 Å². The van der Waals surface area contributed by atoms with E-state index in [1.54, 1.807) is 30.3 Å². The minimum absolute atomic E-state index is 0.165. The van der Waals surface area contributed by atoms with Gasteiger partial charge in [-0.2, -0.15) is 5.10 Å². The van der Waals surface area contributed by atoms with Gasteiger partial charge < -0.3 is 14.4 Å². The molecule has 0 radical (unpaired) electrons. The van der Waals surface area contributed by atoms with E-state index in [1.165, 1.54) is 11.1 Å². The number of benzene rings is 2. The molecule has 3 rings (SSSR count). The van der Waals surface area contributed by atoms with Crippen molar-refractivity contribution in [2.45, 2.75) is 6.61 Å². The summed E-state index contributed by atoms with van der Waals surface area (Å²) in [5.41, 5.74) is 3.97. The molecule has 0 spiro atoms. The Morgan fingerprint density at radius 2 is 1.77 bits per heavy atom. The summed E-state index contributed by atoms with van der Waals surface area (Å²) in [6, 6.07) is 8.52. The van der Waals surface area contributed by atoms with Crippen molar-refractivity contribution in [3.05, 3.63) is 61.5 Å². The fourth-order valence-electron chi connectivity index (χ4n) is 2.86. The average Bonchev–Trinajstić information content (AvgIpc) is 2.71. The van der Waals surface area contributed by atoms with Crippen molar-refractivity contribution in [3.63, 3.8) is 0 Å². The monoisotopic (exact) mass is 490 g/mol. The quantitative estimate of drug-likeness (QED) is 0.461. The van der Waals surface area contributed by atoms with Crippen LogP contribution in [0.15, 0.2) is 35.4 Å². The second kappa shape index (κ2) is 11.2. The van der Waals surface area contributed by atoms with Crippen molar-refractivity contribution >= 4 is 58.5 Å². The Kier molecular flexibility index (Phi) is 8.62. The van der Waals surface area contributed by atoms with Crippen LogP contribution in [0.2, 0.25) is 20.1 Å². The molecule has 1 aliphatic rings. The molecule has 2 aromatic carbocycles. The molecule has 1 fully saturated rings. The first-order valence-corrected chi connectivity index (χ1v) is 10.7. The van der Waals surface area contributed by atoms with Gasteiger partial charge in [0.1, 0.15) is 19.7 Å². The van der Waals surface area contributed by atoms with Gasteiger partial charge in [-0.3, -0.25) is 4.79 Å². The fourth-order valence-corrected chi connectivity index (χ4v) is 3.79. The van der Waals surface area contributed by atoms with Gasteiger partial charge >= 0.3 is 0 Å². The highest BCUT2D eigenvalue weighted by molar-refractivity contribution is 6.42. The van der Waals surface area contributed by atoms with Crippen LogP contribution < -0.4 is 15.1 Å². The summed E-state index contributed by atoms with van der Waals surface area (Å²) in [6.45, 7) is 3.54. The van der Waals surface area contributed by atoms with E-state index in [1.807, 2.05) is 0 Å². The van der Waals surface area contributed by atoms with Crippen LogP contribution in [0.3, 0.4) is 0 Å². The van der Waals surface area contributed by atoms with Crippen molar-refractivity contribution in [2.75, 3.05) is 32.8 Å². The molecule has 160 valence electrons. The lowest BCUT2D eigenvalue weighted by molar-refractivity contribution is -0.900. The summed E-state index contributed by atoms with van der Waals surface area (Å²) in [4.78, 5) is 13.1.